The molecule has 3 nitrogen and oxygen atoms in total. The highest BCUT2D eigenvalue weighted by Gasteiger charge is 2.04. The molecule has 0 bridgehead atoms. The van der Waals surface area contributed by atoms with Crippen molar-refractivity contribution in [3.63, 3.8) is 0 Å². The lowest BCUT2D eigenvalue weighted by Gasteiger charge is -2.10. The van der Waals surface area contributed by atoms with Gasteiger partial charge in [-0.3, -0.25) is 4.79 Å². The first kappa shape index (κ1) is 9.84. The summed E-state index contributed by atoms with van der Waals surface area (Å²) in [4.78, 5) is 10.7. The van der Waals surface area contributed by atoms with Crippen molar-refractivity contribution in [3.8, 4) is 0 Å². The summed E-state index contributed by atoms with van der Waals surface area (Å²) in [6.45, 7) is 3.52. The molecule has 1 aromatic rings. The second-order valence-corrected chi connectivity index (χ2v) is 3.22. The molecule has 0 aliphatic carbocycles. The van der Waals surface area contributed by atoms with E-state index in [0.29, 0.717) is 0 Å². The zero-order valence-electron chi connectivity index (χ0n) is 8.04. The van der Waals surface area contributed by atoms with Crippen LogP contribution in [-0.2, 0) is 11.2 Å². The Kier molecular flexibility index (Phi) is 3.55. The number of hydrogen-bond acceptors (Lipinski definition) is 2. The Balaban J connectivity index is 2.22. The van der Waals surface area contributed by atoms with Gasteiger partial charge in [0.2, 0.25) is 5.91 Å². The second kappa shape index (κ2) is 4.70. The Bertz CT molecular complexity index is 254. The predicted molar refractivity (Wildman–Crippen MR) is 50.3 cm³/mol. The highest BCUT2D eigenvalue weighted by Crippen LogP contribution is 2.05. The van der Waals surface area contributed by atoms with E-state index in [-0.39, 0.29) is 11.9 Å². The fourth-order valence-electron chi connectivity index (χ4n) is 1.23. The molecule has 1 N–H and O–H groups in total. The van der Waals surface area contributed by atoms with Gasteiger partial charge in [-0.1, -0.05) is 0 Å². The maximum atomic E-state index is 10.7. The van der Waals surface area contributed by atoms with Crippen LogP contribution in [0.5, 0.6) is 0 Å². The summed E-state index contributed by atoms with van der Waals surface area (Å²) < 4.78 is 5.18. The monoisotopic (exact) mass is 181 g/mol. The van der Waals surface area contributed by atoms with Gasteiger partial charge in [-0.2, -0.15) is 0 Å². The van der Waals surface area contributed by atoms with Crippen molar-refractivity contribution in [2.24, 2.45) is 0 Å². The third-order valence-corrected chi connectivity index (χ3v) is 1.85. The van der Waals surface area contributed by atoms with Gasteiger partial charge in [0.05, 0.1) is 6.26 Å². The summed E-state index contributed by atoms with van der Waals surface area (Å²) in [6, 6.07) is 4.03. The van der Waals surface area contributed by atoms with Crippen LogP contribution in [-0.4, -0.2) is 11.9 Å². The summed E-state index contributed by atoms with van der Waals surface area (Å²) in [7, 11) is 0. The summed E-state index contributed by atoms with van der Waals surface area (Å²) in [5.41, 5.74) is 0. The van der Waals surface area contributed by atoms with Crippen LogP contribution in [0.1, 0.15) is 26.0 Å². The lowest BCUT2D eigenvalue weighted by molar-refractivity contribution is -0.119. The Morgan fingerprint density at radius 1 is 1.69 bits per heavy atom. The van der Waals surface area contributed by atoms with E-state index < -0.39 is 0 Å². The van der Waals surface area contributed by atoms with Crippen LogP contribution >= 0.6 is 0 Å². The largest absolute Gasteiger partial charge is 0.469 e. The average molecular weight is 181 g/mol. The van der Waals surface area contributed by atoms with Gasteiger partial charge in [0.1, 0.15) is 5.76 Å². The van der Waals surface area contributed by atoms with Crippen LogP contribution in [0.15, 0.2) is 22.8 Å². The molecule has 0 fully saturated rings. The number of aryl methyl sites for hydroxylation is 1. The van der Waals surface area contributed by atoms with Crippen molar-refractivity contribution in [2.75, 3.05) is 0 Å². The van der Waals surface area contributed by atoms with Crippen LogP contribution in [0.25, 0.3) is 0 Å². The smallest absolute Gasteiger partial charge is 0.217 e. The van der Waals surface area contributed by atoms with E-state index >= 15 is 0 Å². The topological polar surface area (TPSA) is 42.2 Å². The molecule has 1 atom stereocenters. The molecule has 0 saturated carbocycles. The molecular weight excluding hydrogens is 166 g/mol. The van der Waals surface area contributed by atoms with E-state index in [9.17, 15) is 4.79 Å². The lowest BCUT2D eigenvalue weighted by atomic mass is 10.1. The van der Waals surface area contributed by atoms with Crippen molar-refractivity contribution in [2.45, 2.75) is 32.7 Å². The number of nitrogens with one attached hydrogen (secondary N) is 1. The minimum absolute atomic E-state index is 0.0203. The molecule has 3 heteroatoms. The highest BCUT2D eigenvalue weighted by atomic mass is 16.3. The quantitative estimate of drug-likeness (QED) is 0.768. The Morgan fingerprint density at radius 3 is 3.00 bits per heavy atom. The molecule has 0 aliphatic rings. The molecule has 0 saturated heterocycles. The van der Waals surface area contributed by atoms with Crippen LogP contribution in [0.2, 0.25) is 0 Å². The van der Waals surface area contributed by atoms with Crippen LogP contribution < -0.4 is 5.32 Å². The first-order valence-corrected chi connectivity index (χ1v) is 4.48. The molecule has 1 rings (SSSR count). The van der Waals surface area contributed by atoms with Crippen molar-refractivity contribution >= 4 is 5.91 Å². The van der Waals surface area contributed by atoms with Gasteiger partial charge in [-0.05, 0) is 25.5 Å². The molecule has 0 aliphatic heterocycles. The molecule has 1 aromatic heterocycles. The molecule has 1 heterocycles. The number of carbonyl (C=O) groups excluding carboxylic acids is 1. The zero-order valence-corrected chi connectivity index (χ0v) is 8.04. The van der Waals surface area contributed by atoms with Crippen LogP contribution in [0.3, 0.4) is 0 Å². The summed E-state index contributed by atoms with van der Waals surface area (Å²) in [5.74, 6) is 0.990. The van der Waals surface area contributed by atoms with E-state index in [4.69, 9.17) is 4.42 Å². The number of hydrogen-bond donors (Lipinski definition) is 1. The second-order valence-electron chi connectivity index (χ2n) is 3.22. The van der Waals surface area contributed by atoms with Crippen molar-refractivity contribution in [3.05, 3.63) is 24.2 Å². The summed E-state index contributed by atoms with van der Waals surface area (Å²) in [6.07, 6.45) is 3.44. The van der Waals surface area contributed by atoms with Crippen LogP contribution in [0, 0.1) is 0 Å². The lowest BCUT2D eigenvalue weighted by Crippen LogP contribution is -2.30. The van der Waals surface area contributed by atoms with Crippen LogP contribution in [0.4, 0.5) is 0 Å². The van der Waals surface area contributed by atoms with Gasteiger partial charge >= 0.3 is 0 Å². The number of amides is 1. The summed E-state index contributed by atoms with van der Waals surface area (Å²) >= 11 is 0. The molecule has 0 aromatic carbocycles. The predicted octanol–water partition coefficient (Wildman–Crippen LogP) is 1.74. The fourth-order valence-corrected chi connectivity index (χ4v) is 1.23. The first-order chi connectivity index (χ1) is 6.18. The fraction of sp³-hybridized carbons (Fsp3) is 0.500. The zero-order chi connectivity index (χ0) is 9.68. The molecular formula is C10H15NO2. The Labute approximate surface area is 78.1 Å². The molecule has 0 radical (unpaired) electrons. The normalized spacial score (nSPS) is 12.5. The van der Waals surface area contributed by atoms with E-state index in [2.05, 4.69) is 5.32 Å². The molecule has 1 amide bonds. The van der Waals surface area contributed by atoms with Gasteiger partial charge in [-0.25, -0.2) is 0 Å². The van der Waals surface area contributed by atoms with E-state index in [1.165, 1.54) is 6.92 Å². The van der Waals surface area contributed by atoms with E-state index in [0.717, 1.165) is 18.6 Å². The molecule has 13 heavy (non-hydrogen) atoms. The third kappa shape index (κ3) is 3.78. The highest BCUT2D eigenvalue weighted by molar-refractivity contribution is 5.73. The van der Waals surface area contributed by atoms with Gasteiger partial charge in [0.15, 0.2) is 0 Å². The van der Waals surface area contributed by atoms with Crippen molar-refractivity contribution in [1.82, 2.24) is 5.32 Å². The Hall–Kier alpha value is -1.25. The third-order valence-electron chi connectivity index (χ3n) is 1.85. The summed E-state index contributed by atoms with van der Waals surface area (Å²) in [5, 5.41) is 2.82. The minimum Gasteiger partial charge on any atom is -0.469 e. The van der Waals surface area contributed by atoms with Crippen molar-refractivity contribution < 1.29 is 9.21 Å². The molecule has 0 spiro atoms. The SMILES string of the molecule is CC(=O)NC(C)CCc1ccco1. The van der Waals surface area contributed by atoms with Gasteiger partial charge in [0.25, 0.3) is 0 Å². The van der Waals surface area contributed by atoms with Gasteiger partial charge in [-0.15, -0.1) is 0 Å². The molecule has 1 unspecified atom stereocenters. The first-order valence-electron chi connectivity index (χ1n) is 4.48. The number of furan rings is 1. The number of rotatable bonds is 4. The molecule has 72 valence electrons. The maximum Gasteiger partial charge on any atom is 0.217 e. The van der Waals surface area contributed by atoms with E-state index in [1.54, 1.807) is 6.26 Å². The van der Waals surface area contributed by atoms with Gasteiger partial charge in [0, 0.05) is 19.4 Å². The standard InChI is InChI=1S/C10H15NO2/c1-8(11-9(2)12)5-6-10-4-3-7-13-10/h3-4,7-8H,5-6H2,1-2H3,(H,11,12). The van der Waals surface area contributed by atoms with Crippen molar-refractivity contribution in [1.29, 1.82) is 0 Å². The minimum atomic E-state index is 0.0203. The average Bonchev–Trinajstić information content (AvgIpc) is 2.51. The number of carbonyl (C=O) groups is 1. The Morgan fingerprint density at radius 2 is 2.46 bits per heavy atom. The van der Waals surface area contributed by atoms with E-state index in [1.807, 2.05) is 19.1 Å². The van der Waals surface area contributed by atoms with Gasteiger partial charge < -0.3 is 9.73 Å². The maximum absolute atomic E-state index is 10.7.